The minimum Gasteiger partial charge on any atom is -0.347 e. The highest BCUT2D eigenvalue weighted by Crippen LogP contribution is 2.22. The number of amides is 1. The van der Waals surface area contributed by atoms with Crippen molar-refractivity contribution in [1.82, 2.24) is 30.1 Å². The van der Waals surface area contributed by atoms with Gasteiger partial charge in [0.25, 0.3) is 0 Å². The van der Waals surface area contributed by atoms with E-state index < -0.39 is 0 Å². The molecule has 1 N–H and O–H groups in total. The summed E-state index contributed by atoms with van der Waals surface area (Å²) in [6.45, 7) is 5.44. The molecule has 9 heteroatoms. The molecule has 3 aromatic rings. The number of benzene rings is 1. The van der Waals surface area contributed by atoms with Crippen molar-refractivity contribution in [3.05, 3.63) is 47.1 Å². The van der Waals surface area contributed by atoms with Crippen LogP contribution in [0.3, 0.4) is 0 Å². The second kappa shape index (κ2) is 9.40. The molecule has 1 aromatic carbocycles. The Morgan fingerprint density at radius 3 is 2.63 bits per heavy atom. The minimum atomic E-state index is -0.355. The van der Waals surface area contributed by atoms with Crippen LogP contribution in [0, 0.1) is 6.92 Å². The van der Waals surface area contributed by atoms with Gasteiger partial charge in [0.15, 0.2) is 0 Å². The van der Waals surface area contributed by atoms with Crippen LogP contribution in [0.25, 0.3) is 17.1 Å². The Morgan fingerprint density at radius 1 is 1.17 bits per heavy atom. The average Bonchev–Trinajstić information content (AvgIpc) is 3.29. The number of carbonyl (C=O) groups excluding carboxylic acids is 1. The lowest BCUT2D eigenvalue weighted by Gasteiger charge is -2.19. The monoisotopic (exact) mass is 428 g/mol. The number of halogens is 1. The van der Waals surface area contributed by atoms with Crippen LogP contribution in [0.4, 0.5) is 0 Å². The van der Waals surface area contributed by atoms with E-state index in [0.717, 1.165) is 31.0 Å². The maximum atomic E-state index is 12.4. The smallest absolute Gasteiger partial charge is 0.316 e. The average molecular weight is 429 g/mol. The highest BCUT2D eigenvalue weighted by atomic mass is 35.5. The predicted molar refractivity (Wildman–Crippen MR) is 114 cm³/mol. The lowest BCUT2D eigenvalue weighted by molar-refractivity contribution is 0.0904. The Hall–Kier alpha value is -2.71. The number of hydrogen-bond donors (Lipinski definition) is 1. The van der Waals surface area contributed by atoms with Gasteiger partial charge in [-0.3, -0.25) is 4.79 Å². The van der Waals surface area contributed by atoms with Gasteiger partial charge in [0, 0.05) is 24.3 Å². The highest BCUT2D eigenvalue weighted by Gasteiger charge is 2.19. The third-order valence-corrected chi connectivity index (χ3v) is 5.52. The molecule has 158 valence electrons. The van der Waals surface area contributed by atoms with Crippen LogP contribution in [0.5, 0.6) is 0 Å². The van der Waals surface area contributed by atoms with E-state index in [1.165, 1.54) is 25.7 Å². The van der Waals surface area contributed by atoms with E-state index in [2.05, 4.69) is 25.5 Å². The Kier molecular flexibility index (Phi) is 6.44. The third kappa shape index (κ3) is 4.88. The first kappa shape index (κ1) is 20.6. The maximum Gasteiger partial charge on any atom is 0.316 e. The van der Waals surface area contributed by atoms with Gasteiger partial charge in [-0.25, -0.2) is 4.68 Å². The molecule has 1 fully saturated rings. The molecule has 1 amide bonds. The molecule has 2 aromatic heterocycles. The van der Waals surface area contributed by atoms with Gasteiger partial charge in [-0.15, -0.1) is 0 Å². The van der Waals surface area contributed by atoms with Crippen molar-refractivity contribution in [2.75, 3.05) is 26.2 Å². The Balaban J connectivity index is 1.38. The molecule has 4 rings (SSSR count). The van der Waals surface area contributed by atoms with Crippen LogP contribution < -0.4 is 5.32 Å². The van der Waals surface area contributed by atoms with Gasteiger partial charge in [-0.1, -0.05) is 29.6 Å². The van der Waals surface area contributed by atoms with Crippen LogP contribution in [0.1, 0.15) is 42.1 Å². The lowest BCUT2D eigenvalue weighted by atomic mass is 10.2. The summed E-state index contributed by atoms with van der Waals surface area (Å²) >= 11 is 5.95. The first-order valence-electron chi connectivity index (χ1n) is 10.3. The van der Waals surface area contributed by atoms with Gasteiger partial charge in [-0.05, 0) is 57.1 Å². The quantitative estimate of drug-likeness (QED) is 0.646. The molecule has 1 aliphatic rings. The number of likely N-dealkylation sites (tertiary alicyclic amines) is 1. The van der Waals surface area contributed by atoms with E-state index in [-0.39, 0.29) is 11.8 Å². The van der Waals surface area contributed by atoms with Crippen molar-refractivity contribution in [1.29, 1.82) is 0 Å². The SMILES string of the molecule is Cc1nn(-c2ccc(Cl)cc2)cc1-c1noc(C(=O)NCCN2CCCCCC2)n1. The molecule has 0 unspecified atom stereocenters. The number of aromatic nitrogens is 4. The topological polar surface area (TPSA) is 89.1 Å². The van der Waals surface area contributed by atoms with E-state index in [1.54, 1.807) is 16.8 Å². The van der Waals surface area contributed by atoms with E-state index in [0.29, 0.717) is 23.0 Å². The molecule has 0 atom stereocenters. The molecule has 3 heterocycles. The van der Waals surface area contributed by atoms with Crippen LogP contribution in [0.15, 0.2) is 35.0 Å². The minimum absolute atomic E-state index is 0.0421. The number of nitrogens with zero attached hydrogens (tertiary/aromatic N) is 5. The third-order valence-electron chi connectivity index (χ3n) is 5.26. The molecule has 0 radical (unpaired) electrons. The summed E-state index contributed by atoms with van der Waals surface area (Å²) in [6, 6.07) is 7.35. The zero-order valence-electron chi connectivity index (χ0n) is 17.0. The normalized spacial score (nSPS) is 15.1. The molecule has 0 saturated carbocycles. The summed E-state index contributed by atoms with van der Waals surface area (Å²) in [5.41, 5.74) is 2.31. The highest BCUT2D eigenvalue weighted by molar-refractivity contribution is 6.30. The van der Waals surface area contributed by atoms with Crippen molar-refractivity contribution < 1.29 is 9.32 Å². The molecule has 0 aliphatic carbocycles. The van der Waals surface area contributed by atoms with Crippen LogP contribution in [0.2, 0.25) is 5.02 Å². The molecular weight excluding hydrogens is 404 g/mol. The molecule has 8 nitrogen and oxygen atoms in total. The number of hydrogen-bond acceptors (Lipinski definition) is 6. The first-order valence-corrected chi connectivity index (χ1v) is 10.6. The maximum absolute atomic E-state index is 12.4. The van der Waals surface area contributed by atoms with Gasteiger partial charge in [0.05, 0.1) is 16.9 Å². The fourth-order valence-corrected chi connectivity index (χ4v) is 3.72. The molecule has 0 spiro atoms. The van der Waals surface area contributed by atoms with Crippen molar-refractivity contribution in [2.24, 2.45) is 0 Å². The predicted octanol–water partition coefficient (Wildman–Crippen LogP) is 3.49. The number of rotatable bonds is 6. The van der Waals surface area contributed by atoms with Gasteiger partial charge in [-0.2, -0.15) is 10.1 Å². The Bertz CT molecular complexity index is 989. The summed E-state index contributed by atoms with van der Waals surface area (Å²) in [5.74, 6) is -0.0591. The summed E-state index contributed by atoms with van der Waals surface area (Å²) in [6.07, 6.45) is 6.85. The van der Waals surface area contributed by atoms with E-state index >= 15 is 0 Å². The summed E-state index contributed by atoms with van der Waals surface area (Å²) < 4.78 is 6.91. The largest absolute Gasteiger partial charge is 0.347 e. The lowest BCUT2D eigenvalue weighted by Crippen LogP contribution is -2.35. The second-order valence-corrected chi connectivity index (χ2v) is 7.92. The summed E-state index contributed by atoms with van der Waals surface area (Å²) in [4.78, 5) is 19.0. The van der Waals surface area contributed by atoms with Crippen LogP contribution in [-0.2, 0) is 0 Å². The first-order chi connectivity index (χ1) is 14.6. The van der Waals surface area contributed by atoms with Gasteiger partial charge < -0.3 is 14.7 Å². The summed E-state index contributed by atoms with van der Waals surface area (Å²) in [7, 11) is 0. The van der Waals surface area contributed by atoms with E-state index in [4.69, 9.17) is 16.1 Å². The van der Waals surface area contributed by atoms with Gasteiger partial charge in [0.1, 0.15) is 0 Å². The molecular formula is C21H25ClN6O2. The van der Waals surface area contributed by atoms with E-state index in [9.17, 15) is 4.79 Å². The fraction of sp³-hybridized carbons (Fsp3) is 0.429. The summed E-state index contributed by atoms with van der Waals surface area (Å²) in [5, 5.41) is 12.0. The number of aryl methyl sites for hydroxylation is 1. The molecule has 1 aliphatic heterocycles. The Labute approximate surface area is 180 Å². The number of carbonyl (C=O) groups is 1. The van der Waals surface area contributed by atoms with Crippen LogP contribution in [-0.4, -0.2) is 56.9 Å². The van der Waals surface area contributed by atoms with Crippen molar-refractivity contribution in [2.45, 2.75) is 32.6 Å². The molecule has 30 heavy (non-hydrogen) atoms. The van der Waals surface area contributed by atoms with Gasteiger partial charge in [0.2, 0.25) is 5.82 Å². The molecule has 1 saturated heterocycles. The van der Waals surface area contributed by atoms with Crippen molar-refractivity contribution in [3.63, 3.8) is 0 Å². The fourth-order valence-electron chi connectivity index (χ4n) is 3.59. The van der Waals surface area contributed by atoms with Crippen molar-refractivity contribution >= 4 is 17.5 Å². The number of nitrogens with one attached hydrogen (secondary N) is 1. The Morgan fingerprint density at radius 2 is 1.90 bits per heavy atom. The van der Waals surface area contributed by atoms with Crippen LogP contribution >= 0.6 is 11.6 Å². The second-order valence-electron chi connectivity index (χ2n) is 7.48. The van der Waals surface area contributed by atoms with E-state index in [1.807, 2.05) is 25.3 Å². The van der Waals surface area contributed by atoms with Gasteiger partial charge >= 0.3 is 11.8 Å². The standard InChI is InChI=1S/C21H25ClN6O2/c1-15-18(14-28(25-15)17-8-6-16(22)7-9-17)19-24-21(30-26-19)20(29)23-10-13-27-11-4-2-3-5-12-27/h6-9,14H,2-5,10-13H2,1H3,(H,23,29). The van der Waals surface area contributed by atoms with Crippen molar-refractivity contribution in [3.8, 4) is 17.1 Å². The zero-order chi connectivity index (χ0) is 20.9. The zero-order valence-corrected chi connectivity index (χ0v) is 17.7. The molecule has 0 bridgehead atoms.